The van der Waals surface area contributed by atoms with Gasteiger partial charge in [-0.2, -0.15) is 0 Å². The fraction of sp³-hybridized carbons (Fsp3) is 0.727. The number of hydrogen-bond donors (Lipinski definition) is 1. The van der Waals surface area contributed by atoms with E-state index in [0.29, 0.717) is 5.92 Å². The molecule has 0 aromatic rings. The molecule has 1 spiro atoms. The van der Waals surface area contributed by atoms with E-state index in [9.17, 15) is 9.90 Å². The zero-order valence-corrected chi connectivity index (χ0v) is 8.14. The minimum Gasteiger partial charge on any atom is -0.469 e. The number of aliphatic hydroxyl groups excluding tert-OH is 1. The predicted molar refractivity (Wildman–Crippen MR) is 49.3 cm³/mol. The average Bonchev–Trinajstić information content (AvgIpc) is 2.48. The molecule has 1 unspecified atom stereocenters. The summed E-state index contributed by atoms with van der Waals surface area (Å²) in [6, 6.07) is 0. The Labute approximate surface area is 82.8 Å². The highest BCUT2D eigenvalue weighted by atomic mass is 16.5. The van der Waals surface area contributed by atoms with E-state index in [1.807, 2.05) is 6.08 Å². The van der Waals surface area contributed by atoms with Crippen molar-refractivity contribution in [2.24, 2.45) is 23.2 Å². The van der Waals surface area contributed by atoms with E-state index in [1.165, 1.54) is 7.11 Å². The van der Waals surface area contributed by atoms with Crippen molar-refractivity contribution >= 4 is 5.97 Å². The van der Waals surface area contributed by atoms with Crippen LogP contribution in [0.25, 0.3) is 0 Å². The lowest BCUT2D eigenvalue weighted by molar-refractivity contribution is -0.176. The molecule has 0 radical (unpaired) electrons. The van der Waals surface area contributed by atoms with Gasteiger partial charge in [0.25, 0.3) is 0 Å². The Morgan fingerprint density at radius 1 is 1.57 bits per heavy atom. The third-order valence-corrected chi connectivity index (χ3v) is 4.43. The second-order valence-corrected chi connectivity index (χ2v) is 4.63. The number of rotatable bonds is 1. The van der Waals surface area contributed by atoms with Crippen LogP contribution in [0.2, 0.25) is 0 Å². The number of hydrogen-bond acceptors (Lipinski definition) is 3. The number of allylic oxidation sites excluding steroid dienone is 1. The van der Waals surface area contributed by atoms with Gasteiger partial charge in [0.1, 0.15) is 0 Å². The molecule has 3 heteroatoms. The van der Waals surface area contributed by atoms with Gasteiger partial charge in [-0.25, -0.2) is 0 Å². The molecule has 0 aromatic carbocycles. The fourth-order valence-electron chi connectivity index (χ4n) is 3.72. The van der Waals surface area contributed by atoms with E-state index in [4.69, 9.17) is 4.74 Å². The van der Waals surface area contributed by atoms with Crippen LogP contribution in [0.4, 0.5) is 0 Å². The summed E-state index contributed by atoms with van der Waals surface area (Å²) in [5, 5.41) is 9.87. The topological polar surface area (TPSA) is 46.5 Å². The SMILES string of the molecule is COC(=O)[C@@H]1[C@H]2C=CC23[C@H](O)CC[C@H]13. The lowest BCUT2D eigenvalue weighted by atomic mass is 9.42. The smallest absolute Gasteiger partial charge is 0.309 e. The summed E-state index contributed by atoms with van der Waals surface area (Å²) in [6.45, 7) is 0. The van der Waals surface area contributed by atoms with Crippen molar-refractivity contribution in [1.29, 1.82) is 0 Å². The quantitative estimate of drug-likeness (QED) is 0.494. The second-order valence-electron chi connectivity index (χ2n) is 4.63. The van der Waals surface area contributed by atoms with Gasteiger partial charge in [-0.3, -0.25) is 4.79 Å². The Morgan fingerprint density at radius 3 is 2.93 bits per heavy atom. The Bertz CT molecular complexity index is 322. The van der Waals surface area contributed by atoms with Gasteiger partial charge in [-0.05, 0) is 18.8 Å². The van der Waals surface area contributed by atoms with E-state index in [-0.39, 0.29) is 29.3 Å². The molecule has 0 heterocycles. The van der Waals surface area contributed by atoms with E-state index >= 15 is 0 Å². The second kappa shape index (κ2) is 2.40. The predicted octanol–water partition coefficient (Wildman–Crippen LogP) is 0.732. The number of ether oxygens (including phenoxy) is 1. The first-order chi connectivity index (χ1) is 6.71. The summed E-state index contributed by atoms with van der Waals surface area (Å²) in [5.41, 5.74) is -0.0428. The molecule has 14 heavy (non-hydrogen) atoms. The first kappa shape index (κ1) is 8.48. The summed E-state index contributed by atoms with van der Waals surface area (Å²) in [7, 11) is 1.44. The Balaban J connectivity index is 1.90. The van der Waals surface area contributed by atoms with Crippen molar-refractivity contribution in [2.45, 2.75) is 18.9 Å². The monoisotopic (exact) mass is 194 g/mol. The molecule has 0 aromatic heterocycles. The Morgan fingerprint density at radius 2 is 2.36 bits per heavy atom. The highest BCUT2D eigenvalue weighted by molar-refractivity contribution is 5.77. The molecule has 3 aliphatic carbocycles. The van der Waals surface area contributed by atoms with E-state index in [1.54, 1.807) is 0 Å². The lowest BCUT2D eigenvalue weighted by Crippen LogP contribution is -2.63. The van der Waals surface area contributed by atoms with Crippen LogP contribution >= 0.6 is 0 Å². The molecule has 1 N–H and O–H groups in total. The molecular weight excluding hydrogens is 180 g/mol. The summed E-state index contributed by atoms with van der Waals surface area (Å²) < 4.78 is 4.79. The normalized spacial score (nSPS) is 52.7. The molecule has 3 rings (SSSR count). The molecular formula is C11H14O3. The van der Waals surface area contributed by atoms with Crippen LogP contribution in [-0.4, -0.2) is 24.3 Å². The Hall–Kier alpha value is -0.830. The molecule has 3 aliphatic rings. The van der Waals surface area contributed by atoms with Gasteiger partial charge in [0.05, 0.1) is 19.1 Å². The fourth-order valence-corrected chi connectivity index (χ4v) is 3.72. The maximum absolute atomic E-state index is 11.5. The number of methoxy groups -OCH3 is 1. The van der Waals surface area contributed by atoms with Crippen LogP contribution in [0.3, 0.4) is 0 Å². The number of aliphatic hydroxyl groups is 1. The van der Waals surface area contributed by atoms with Crippen LogP contribution in [0.15, 0.2) is 12.2 Å². The first-order valence-corrected chi connectivity index (χ1v) is 5.17. The zero-order chi connectivity index (χ0) is 9.92. The van der Waals surface area contributed by atoms with Crippen LogP contribution in [0.1, 0.15) is 12.8 Å². The molecule has 76 valence electrons. The molecule has 5 atom stereocenters. The summed E-state index contributed by atoms with van der Waals surface area (Å²) in [5.74, 6) is 0.494. The number of carbonyl (C=O) groups excluding carboxylic acids is 1. The Kier molecular flexibility index (Phi) is 1.45. The largest absolute Gasteiger partial charge is 0.469 e. The van der Waals surface area contributed by atoms with Crippen LogP contribution in [0.5, 0.6) is 0 Å². The van der Waals surface area contributed by atoms with Gasteiger partial charge in [0.2, 0.25) is 0 Å². The number of carbonyl (C=O) groups is 1. The highest BCUT2D eigenvalue weighted by Crippen LogP contribution is 2.70. The van der Waals surface area contributed by atoms with Gasteiger partial charge in [-0.1, -0.05) is 12.2 Å². The summed E-state index contributed by atoms with van der Waals surface area (Å²) >= 11 is 0. The van der Waals surface area contributed by atoms with Gasteiger partial charge in [0.15, 0.2) is 0 Å². The van der Waals surface area contributed by atoms with E-state index < -0.39 is 0 Å². The molecule has 0 saturated heterocycles. The maximum atomic E-state index is 11.5. The van der Waals surface area contributed by atoms with Crippen LogP contribution in [-0.2, 0) is 9.53 Å². The average molecular weight is 194 g/mol. The van der Waals surface area contributed by atoms with Gasteiger partial charge in [0, 0.05) is 11.3 Å². The highest BCUT2D eigenvalue weighted by Gasteiger charge is 2.71. The molecule has 0 bridgehead atoms. The standard InChI is InChI=1S/C11H14O3/c1-14-10(13)9-6-2-3-8(12)11(6)5-4-7(9)11/h4-9,12H,2-3H2,1H3/t6-,7-,8-,9+,11?/m1/s1. The van der Waals surface area contributed by atoms with Crippen molar-refractivity contribution in [3.05, 3.63) is 12.2 Å². The molecule has 0 aliphatic heterocycles. The van der Waals surface area contributed by atoms with Gasteiger partial charge >= 0.3 is 5.97 Å². The van der Waals surface area contributed by atoms with Crippen molar-refractivity contribution in [3.8, 4) is 0 Å². The summed E-state index contributed by atoms with van der Waals surface area (Å²) in [4.78, 5) is 11.5. The van der Waals surface area contributed by atoms with Gasteiger partial charge < -0.3 is 9.84 Å². The molecule has 0 amide bonds. The molecule has 3 nitrogen and oxygen atoms in total. The lowest BCUT2D eigenvalue weighted by Gasteiger charge is -2.61. The van der Waals surface area contributed by atoms with Crippen molar-refractivity contribution in [1.82, 2.24) is 0 Å². The zero-order valence-electron chi connectivity index (χ0n) is 8.14. The maximum Gasteiger partial charge on any atom is 0.309 e. The third-order valence-electron chi connectivity index (χ3n) is 4.43. The van der Waals surface area contributed by atoms with Crippen molar-refractivity contribution < 1.29 is 14.6 Å². The van der Waals surface area contributed by atoms with Crippen LogP contribution < -0.4 is 0 Å². The first-order valence-electron chi connectivity index (χ1n) is 5.17. The third kappa shape index (κ3) is 0.650. The number of esters is 1. The minimum absolute atomic E-state index is 0.0159. The van der Waals surface area contributed by atoms with Crippen LogP contribution in [0, 0.1) is 23.2 Å². The van der Waals surface area contributed by atoms with Crippen molar-refractivity contribution in [2.75, 3.05) is 7.11 Å². The molecule has 2 saturated carbocycles. The van der Waals surface area contributed by atoms with E-state index in [2.05, 4.69) is 6.08 Å². The van der Waals surface area contributed by atoms with E-state index in [0.717, 1.165) is 12.8 Å². The minimum atomic E-state index is -0.233. The van der Waals surface area contributed by atoms with Crippen molar-refractivity contribution in [3.63, 3.8) is 0 Å². The summed E-state index contributed by atoms with van der Waals surface area (Å²) in [6.07, 6.45) is 5.70. The molecule has 2 fully saturated rings. The van der Waals surface area contributed by atoms with Gasteiger partial charge in [-0.15, -0.1) is 0 Å².